The number of anilines is 1. The van der Waals surface area contributed by atoms with Crippen molar-refractivity contribution in [3.05, 3.63) is 53.3 Å². The normalized spacial score (nSPS) is 15.6. The average molecular weight is 487 g/mol. The van der Waals surface area contributed by atoms with Crippen LogP contribution in [0.15, 0.2) is 52.6 Å². The van der Waals surface area contributed by atoms with Gasteiger partial charge in [0.15, 0.2) is 16.7 Å². The van der Waals surface area contributed by atoms with Crippen LogP contribution in [0.3, 0.4) is 0 Å². The number of benzene rings is 1. The molecular weight excluding hydrogens is 464 g/mol. The van der Waals surface area contributed by atoms with Crippen molar-refractivity contribution in [2.24, 2.45) is 4.99 Å². The molecule has 34 heavy (non-hydrogen) atoms. The molecule has 3 rings (SSSR count). The Morgan fingerprint density at radius 1 is 1.12 bits per heavy atom. The summed E-state index contributed by atoms with van der Waals surface area (Å²) in [5, 5.41) is 0.151. The molecule has 0 spiro atoms. The van der Waals surface area contributed by atoms with Crippen LogP contribution in [-0.2, 0) is 35.1 Å². The molecule has 0 unspecified atom stereocenters. The van der Waals surface area contributed by atoms with Gasteiger partial charge in [-0.3, -0.25) is 14.5 Å². The molecule has 0 bridgehead atoms. The van der Waals surface area contributed by atoms with Gasteiger partial charge in [0.05, 0.1) is 37.2 Å². The van der Waals surface area contributed by atoms with E-state index < -0.39 is 23.8 Å². The lowest BCUT2D eigenvalue weighted by molar-refractivity contribution is -0.143. The van der Waals surface area contributed by atoms with Gasteiger partial charge in [-0.1, -0.05) is 18.2 Å². The Labute approximate surface area is 199 Å². The van der Waals surface area contributed by atoms with Crippen molar-refractivity contribution in [3.63, 3.8) is 0 Å². The molecule has 0 aliphatic carbocycles. The maximum Gasteiger partial charge on any atom is 0.358 e. The van der Waals surface area contributed by atoms with Crippen molar-refractivity contribution in [2.75, 3.05) is 25.2 Å². The van der Waals surface area contributed by atoms with Crippen molar-refractivity contribution in [3.8, 4) is 0 Å². The molecule has 1 amide bonds. The van der Waals surface area contributed by atoms with Crippen molar-refractivity contribution in [1.82, 2.24) is 9.55 Å². The highest BCUT2D eigenvalue weighted by Gasteiger charge is 2.36. The number of ether oxygens (including phenoxy) is 3. The number of carbonyl (C=O) groups excluding carboxylic acids is 4. The first-order chi connectivity index (χ1) is 16.4. The first-order valence-electron chi connectivity index (χ1n) is 10.2. The summed E-state index contributed by atoms with van der Waals surface area (Å²) >= 11 is 0.919. The van der Waals surface area contributed by atoms with Gasteiger partial charge in [0.1, 0.15) is 6.54 Å². The average Bonchev–Trinajstić information content (AvgIpc) is 3.34. The van der Waals surface area contributed by atoms with E-state index in [1.165, 1.54) is 22.9 Å². The van der Waals surface area contributed by atoms with Crippen molar-refractivity contribution < 1.29 is 33.4 Å². The summed E-state index contributed by atoms with van der Waals surface area (Å²) in [6.45, 7) is 3.30. The second-order valence-electron chi connectivity index (χ2n) is 6.57. The standard InChI is InChI=1S/C22H22N4O7S/c1-4-32-17(28)12-25-13-23-19(18(25)21(30)33-5-2)24-22-26(14-9-7-6-8-10-14)20(29)15(34-22)11-16(27)31-3/h6-11,13H,4-5,12H2,1-3H3/b15-11-,24-22?. The van der Waals surface area contributed by atoms with Gasteiger partial charge in [-0.05, 0) is 37.7 Å². The van der Waals surface area contributed by atoms with E-state index in [2.05, 4.69) is 14.7 Å². The first-order valence-corrected chi connectivity index (χ1v) is 11.0. The summed E-state index contributed by atoms with van der Waals surface area (Å²) in [4.78, 5) is 59.4. The molecule has 0 radical (unpaired) electrons. The molecule has 1 aromatic carbocycles. The highest BCUT2D eigenvalue weighted by atomic mass is 32.2. The molecule has 1 aromatic heterocycles. The number of amidine groups is 1. The van der Waals surface area contributed by atoms with Gasteiger partial charge in [0.25, 0.3) is 5.91 Å². The molecule has 0 saturated carbocycles. The van der Waals surface area contributed by atoms with E-state index in [9.17, 15) is 19.2 Å². The second kappa shape index (κ2) is 11.3. The maximum absolute atomic E-state index is 13.1. The first kappa shape index (κ1) is 24.7. The number of rotatable bonds is 8. The Bertz CT molecular complexity index is 1160. The number of carbonyl (C=O) groups is 4. The zero-order valence-electron chi connectivity index (χ0n) is 18.7. The summed E-state index contributed by atoms with van der Waals surface area (Å²) < 4.78 is 16.0. The number of aromatic nitrogens is 2. The largest absolute Gasteiger partial charge is 0.466 e. The molecule has 2 aromatic rings. The minimum Gasteiger partial charge on any atom is -0.466 e. The summed E-state index contributed by atoms with van der Waals surface area (Å²) in [5.74, 6) is -2.56. The predicted molar refractivity (Wildman–Crippen MR) is 124 cm³/mol. The van der Waals surface area contributed by atoms with E-state index in [1.807, 2.05) is 0 Å². The van der Waals surface area contributed by atoms with Gasteiger partial charge < -0.3 is 18.8 Å². The lowest BCUT2D eigenvalue weighted by Gasteiger charge is -2.15. The summed E-state index contributed by atoms with van der Waals surface area (Å²) in [7, 11) is 1.20. The van der Waals surface area contributed by atoms with Crippen LogP contribution < -0.4 is 4.90 Å². The fourth-order valence-corrected chi connectivity index (χ4v) is 3.88. The molecule has 1 saturated heterocycles. The highest BCUT2D eigenvalue weighted by Crippen LogP contribution is 2.36. The third kappa shape index (κ3) is 5.52. The van der Waals surface area contributed by atoms with E-state index in [1.54, 1.807) is 44.2 Å². The number of aliphatic imine (C=N–C) groups is 1. The lowest BCUT2D eigenvalue weighted by atomic mass is 10.3. The van der Waals surface area contributed by atoms with Crippen LogP contribution in [0.4, 0.5) is 11.5 Å². The predicted octanol–water partition coefficient (Wildman–Crippen LogP) is 2.45. The second-order valence-corrected chi connectivity index (χ2v) is 7.58. The minimum absolute atomic E-state index is 0.0571. The molecule has 2 heterocycles. The van der Waals surface area contributed by atoms with Crippen molar-refractivity contribution in [2.45, 2.75) is 20.4 Å². The number of para-hydroxylation sites is 1. The van der Waals surface area contributed by atoms with Gasteiger partial charge in [0.2, 0.25) is 0 Å². The number of hydrogen-bond donors (Lipinski definition) is 0. The van der Waals surface area contributed by atoms with Crippen LogP contribution in [0.1, 0.15) is 24.3 Å². The van der Waals surface area contributed by atoms with Crippen LogP contribution >= 0.6 is 11.8 Å². The summed E-state index contributed by atoms with van der Waals surface area (Å²) in [6, 6.07) is 8.66. The molecule has 1 aliphatic rings. The van der Waals surface area contributed by atoms with E-state index in [0.717, 1.165) is 17.8 Å². The molecule has 1 aliphatic heterocycles. The quantitative estimate of drug-likeness (QED) is 0.314. The van der Waals surface area contributed by atoms with Gasteiger partial charge in [-0.25, -0.2) is 19.6 Å². The maximum atomic E-state index is 13.1. The van der Waals surface area contributed by atoms with E-state index in [4.69, 9.17) is 9.47 Å². The molecule has 1 fully saturated rings. The third-order valence-corrected chi connectivity index (χ3v) is 5.33. The van der Waals surface area contributed by atoms with Crippen LogP contribution in [-0.4, -0.2) is 58.9 Å². The lowest BCUT2D eigenvalue weighted by Crippen LogP contribution is -2.28. The molecule has 11 nitrogen and oxygen atoms in total. The fourth-order valence-electron chi connectivity index (χ4n) is 2.94. The van der Waals surface area contributed by atoms with Crippen LogP contribution in [0.5, 0.6) is 0 Å². The topological polar surface area (TPSA) is 129 Å². The van der Waals surface area contributed by atoms with Crippen molar-refractivity contribution >= 4 is 52.2 Å². The minimum atomic E-state index is -0.741. The number of esters is 3. The third-order valence-electron chi connectivity index (χ3n) is 4.36. The Hall–Kier alpha value is -3.93. The summed E-state index contributed by atoms with van der Waals surface area (Å²) in [6.07, 6.45) is 2.33. The fraction of sp³-hybridized carbons (Fsp3) is 0.273. The molecule has 178 valence electrons. The van der Waals surface area contributed by atoms with Crippen LogP contribution in [0, 0.1) is 0 Å². The SMILES string of the molecule is CCOC(=O)Cn1cnc(N=C2S/C(=C\C(=O)OC)C(=O)N2c2ccccc2)c1C(=O)OCC. The number of nitrogens with zero attached hydrogens (tertiary/aromatic N) is 4. The number of imidazole rings is 1. The zero-order chi connectivity index (χ0) is 24.7. The van der Waals surface area contributed by atoms with E-state index in [0.29, 0.717) is 5.69 Å². The number of methoxy groups -OCH3 is 1. The molecule has 0 atom stereocenters. The van der Waals surface area contributed by atoms with Gasteiger partial charge in [-0.15, -0.1) is 0 Å². The van der Waals surface area contributed by atoms with Crippen LogP contribution in [0.25, 0.3) is 0 Å². The monoisotopic (exact) mass is 486 g/mol. The molecule has 12 heteroatoms. The van der Waals surface area contributed by atoms with Gasteiger partial charge in [0, 0.05) is 6.08 Å². The number of hydrogen-bond acceptors (Lipinski definition) is 10. The van der Waals surface area contributed by atoms with Gasteiger partial charge in [-0.2, -0.15) is 0 Å². The molecule has 0 N–H and O–H groups in total. The Morgan fingerprint density at radius 3 is 2.47 bits per heavy atom. The Balaban J connectivity index is 2.09. The van der Waals surface area contributed by atoms with Gasteiger partial charge >= 0.3 is 17.9 Å². The van der Waals surface area contributed by atoms with Crippen molar-refractivity contribution in [1.29, 1.82) is 0 Å². The highest BCUT2D eigenvalue weighted by molar-refractivity contribution is 8.19. The van der Waals surface area contributed by atoms with E-state index >= 15 is 0 Å². The zero-order valence-corrected chi connectivity index (χ0v) is 19.5. The van der Waals surface area contributed by atoms with Crippen LogP contribution in [0.2, 0.25) is 0 Å². The smallest absolute Gasteiger partial charge is 0.358 e. The van der Waals surface area contributed by atoms with E-state index in [-0.39, 0.29) is 41.3 Å². The number of amides is 1. The number of thioether (sulfide) groups is 1. The summed E-state index contributed by atoms with van der Waals surface area (Å²) in [5.41, 5.74) is 0.421. The molecular formula is C22H22N4O7S. The Morgan fingerprint density at radius 2 is 1.82 bits per heavy atom. The Kier molecular flexibility index (Phi) is 8.19.